The number of primary amides is 1. The molecule has 1 amide bonds. The number of fused-ring (bicyclic) bond motifs is 1. The van der Waals surface area contributed by atoms with Crippen LogP contribution in [0.15, 0.2) is 59.8 Å². The lowest BCUT2D eigenvalue weighted by molar-refractivity contribution is 0.1000. The van der Waals surface area contributed by atoms with Gasteiger partial charge < -0.3 is 10.3 Å². The van der Waals surface area contributed by atoms with E-state index in [-0.39, 0.29) is 23.1 Å². The van der Waals surface area contributed by atoms with Gasteiger partial charge in [0.1, 0.15) is 11.6 Å². The van der Waals surface area contributed by atoms with E-state index in [0.717, 1.165) is 42.1 Å². The van der Waals surface area contributed by atoms with E-state index in [0.29, 0.717) is 17.0 Å². The normalized spacial score (nSPS) is 13.4. The second-order valence-corrected chi connectivity index (χ2v) is 8.99. The molecule has 4 aromatic rings. The van der Waals surface area contributed by atoms with Crippen molar-refractivity contribution in [3.63, 3.8) is 0 Å². The first-order chi connectivity index (χ1) is 17.8. The Morgan fingerprint density at radius 1 is 1.16 bits per heavy atom. The average molecular weight is 497 g/mol. The van der Waals surface area contributed by atoms with Crippen LogP contribution in [0.2, 0.25) is 0 Å². The molecule has 8 heteroatoms. The molecule has 6 nitrogen and oxygen atoms in total. The fraction of sp³-hybridized carbons (Fsp3) is 0.207. The van der Waals surface area contributed by atoms with Gasteiger partial charge in [0.2, 0.25) is 5.91 Å². The van der Waals surface area contributed by atoms with Crippen molar-refractivity contribution in [2.75, 3.05) is 0 Å². The van der Waals surface area contributed by atoms with Crippen LogP contribution in [-0.2, 0) is 7.05 Å². The van der Waals surface area contributed by atoms with Gasteiger partial charge >= 0.3 is 0 Å². The van der Waals surface area contributed by atoms with E-state index >= 15 is 0 Å². The van der Waals surface area contributed by atoms with Crippen molar-refractivity contribution < 1.29 is 13.6 Å². The molecule has 184 valence electrons. The number of benzene rings is 1. The maximum Gasteiger partial charge on any atom is 0.254 e. The van der Waals surface area contributed by atoms with E-state index in [1.54, 1.807) is 48.4 Å². The number of amides is 1. The van der Waals surface area contributed by atoms with Gasteiger partial charge in [0.25, 0.3) is 5.56 Å². The van der Waals surface area contributed by atoms with Crippen molar-refractivity contribution in [2.45, 2.75) is 31.1 Å². The smallest absolute Gasteiger partial charge is 0.254 e. The molecule has 1 aliphatic carbocycles. The number of carbonyl (C=O) groups is 1. The number of aromatic nitrogens is 3. The third-order valence-corrected chi connectivity index (χ3v) is 6.50. The van der Waals surface area contributed by atoms with E-state index in [4.69, 9.17) is 5.73 Å². The largest absolute Gasteiger partial charge is 0.366 e. The Labute approximate surface area is 211 Å². The van der Waals surface area contributed by atoms with Gasteiger partial charge in [-0.2, -0.15) is 5.10 Å². The number of hydrogen-bond acceptors (Lipinski definition) is 3. The molecule has 1 unspecified atom stereocenters. The fourth-order valence-corrected chi connectivity index (χ4v) is 4.47. The summed E-state index contributed by atoms with van der Waals surface area (Å²) in [4.78, 5) is 24.9. The molecule has 0 radical (unpaired) electrons. The first-order valence-corrected chi connectivity index (χ1v) is 11.7. The summed E-state index contributed by atoms with van der Waals surface area (Å²) < 4.78 is 31.7. The number of nitrogens with two attached hydrogens (primary N) is 1. The summed E-state index contributed by atoms with van der Waals surface area (Å²) in [6, 6.07) is 7.97. The summed E-state index contributed by atoms with van der Waals surface area (Å²) >= 11 is 0. The van der Waals surface area contributed by atoms with Crippen LogP contribution in [0, 0.1) is 35.3 Å². The van der Waals surface area contributed by atoms with Crippen molar-refractivity contribution in [1.29, 1.82) is 0 Å². The van der Waals surface area contributed by atoms with Crippen molar-refractivity contribution in [1.82, 2.24) is 14.2 Å². The number of nitrogens with zero attached hydrogens (tertiary/aromatic N) is 3. The van der Waals surface area contributed by atoms with Gasteiger partial charge in [0, 0.05) is 42.9 Å². The topological polar surface area (TPSA) is 82.4 Å². The second kappa shape index (κ2) is 9.75. The number of carbonyl (C=O) groups excluding carboxylic acids is 1. The van der Waals surface area contributed by atoms with Crippen LogP contribution in [0.5, 0.6) is 0 Å². The van der Waals surface area contributed by atoms with E-state index < -0.39 is 23.5 Å². The Kier molecular flexibility index (Phi) is 6.33. The molecule has 0 spiro atoms. The molecule has 5 rings (SSSR count). The first kappa shape index (κ1) is 24.0. The summed E-state index contributed by atoms with van der Waals surface area (Å²) in [5.41, 5.74) is 8.09. The van der Waals surface area contributed by atoms with E-state index in [9.17, 15) is 18.4 Å². The molecule has 3 aromatic heterocycles. The molecular formula is C29H22F2N4O2. The van der Waals surface area contributed by atoms with Gasteiger partial charge in [0.05, 0.1) is 22.8 Å². The number of pyridine rings is 2. The molecule has 37 heavy (non-hydrogen) atoms. The lowest BCUT2D eigenvalue weighted by Gasteiger charge is -2.16. The maximum atomic E-state index is 14.7. The third kappa shape index (κ3) is 4.74. The lowest BCUT2D eigenvalue weighted by atomic mass is 9.89. The predicted octanol–water partition coefficient (Wildman–Crippen LogP) is 3.86. The highest BCUT2D eigenvalue weighted by molar-refractivity contribution is 5.98. The molecule has 1 fully saturated rings. The van der Waals surface area contributed by atoms with Gasteiger partial charge in [-0.25, -0.2) is 13.3 Å². The monoisotopic (exact) mass is 496 g/mol. The zero-order valence-corrected chi connectivity index (χ0v) is 20.0. The van der Waals surface area contributed by atoms with Gasteiger partial charge in [-0.05, 0) is 72.4 Å². The second-order valence-electron chi connectivity index (χ2n) is 8.99. The summed E-state index contributed by atoms with van der Waals surface area (Å²) in [5.74, 6) is 9.08. The Hall–Kier alpha value is -4.69. The Balaban J connectivity index is 1.53. The minimum Gasteiger partial charge on any atom is -0.366 e. The van der Waals surface area contributed by atoms with Crippen LogP contribution in [0.3, 0.4) is 0 Å². The highest BCUT2D eigenvalue weighted by Gasteiger charge is 2.28. The number of halogens is 2. The van der Waals surface area contributed by atoms with Crippen LogP contribution < -0.4 is 11.3 Å². The van der Waals surface area contributed by atoms with Gasteiger partial charge in [0.15, 0.2) is 0 Å². The third-order valence-electron chi connectivity index (χ3n) is 6.50. The predicted molar refractivity (Wildman–Crippen MR) is 135 cm³/mol. The standard InChI is InChI=1S/C29H22F2N4O2/c1-34-14-5-8-23(29(34)37)20(24-16-19(30)11-12-26(24)31)6-3-2-4-7-21-22(28(32)36)13-15-35-27(21)25(17-33-35)18-9-10-18/h5,8,11-18,20H,6,9-10H2,1H3,(H2,32,36). The van der Waals surface area contributed by atoms with Crippen LogP contribution in [-0.4, -0.2) is 20.1 Å². The highest BCUT2D eigenvalue weighted by atomic mass is 19.1. The molecule has 3 heterocycles. The lowest BCUT2D eigenvalue weighted by Crippen LogP contribution is -2.23. The van der Waals surface area contributed by atoms with Crippen molar-refractivity contribution in [3.05, 3.63) is 105 Å². The molecular weight excluding hydrogens is 474 g/mol. The SMILES string of the molecule is Cn1cccc(C(CC#CC#Cc2c(C(N)=O)ccn3ncc(C4CC4)c23)c2cc(F)ccc2F)c1=O. The molecule has 1 aliphatic rings. The van der Waals surface area contributed by atoms with Gasteiger partial charge in [-0.1, -0.05) is 12.0 Å². The van der Waals surface area contributed by atoms with Crippen molar-refractivity contribution in [2.24, 2.45) is 12.8 Å². The minimum atomic E-state index is -0.800. The van der Waals surface area contributed by atoms with Crippen molar-refractivity contribution in [3.8, 4) is 23.7 Å². The zero-order valence-electron chi connectivity index (χ0n) is 20.0. The summed E-state index contributed by atoms with van der Waals surface area (Å²) in [7, 11) is 1.59. The number of rotatable bonds is 5. The molecule has 0 saturated heterocycles. The van der Waals surface area contributed by atoms with E-state index in [1.165, 1.54) is 4.57 Å². The van der Waals surface area contributed by atoms with Gasteiger partial charge in [-0.15, -0.1) is 0 Å². The molecule has 0 aliphatic heterocycles. The fourth-order valence-electron chi connectivity index (χ4n) is 4.47. The molecule has 1 aromatic carbocycles. The summed E-state index contributed by atoms with van der Waals surface area (Å²) in [6.07, 6.45) is 7.17. The summed E-state index contributed by atoms with van der Waals surface area (Å²) in [5, 5.41) is 4.37. The van der Waals surface area contributed by atoms with E-state index in [1.807, 2.05) is 0 Å². The Bertz CT molecular complexity index is 1730. The van der Waals surface area contributed by atoms with Crippen molar-refractivity contribution >= 4 is 11.4 Å². The maximum absolute atomic E-state index is 14.7. The molecule has 1 saturated carbocycles. The summed E-state index contributed by atoms with van der Waals surface area (Å²) in [6.45, 7) is 0. The zero-order chi connectivity index (χ0) is 26.1. The van der Waals surface area contributed by atoms with Gasteiger partial charge in [-0.3, -0.25) is 9.59 Å². The minimum absolute atomic E-state index is 0.0290. The molecule has 0 bridgehead atoms. The van der Waals surface area contributed by atoms with Crippen LogP contribution in [0.4, 0.5) is 8.78 Å². The van der Waals surface area contributed by atoms with Crippen LogP contribution in [0.1, 0.15) is 63.7 Å². The molecule has 2 N–H and O–H groups in total. The Morgan fingerprint density at radius 2 is 1.97 bits per heavy atom. The molecule has 1 atom stereocenters. The average Bonchev–Trinajstić information content (AvgIpc) is 3.63. The quantitative estimate of drug-likeness (QED) is 0.426. The number of hydrogen-bond donors (Lipinski definition) is 1. The van der Waals surface area contributed by atoms with Crippen LogP contribution >= 0.6 is 0 Å². The van der Waals surface area contributed by atoms with E-state index in [2.05, 4.69) is 28.8 Å². The highest BCUT2D eigenvalue weighted by Crippen LogP contribution is 2.42. The number of aryl methyl sites for hydroxylation is 1. The van der Waals surface area contributed by atoms with Crippen LogP contribution in [0.25, 0.3) is 5.52 Å². The first-order valence-electron chi connectivity index (χ1n) is 11.7. The Morgan fingerprint density at radius 3 is 2.73 bits per heavy atom.